The molecule has 2 aromatic rings. The summed E-state index contributed by atoms with van der Waals surface area (Å²) in [5.41, 5.74) is 0.395. The van der Waals surface area contributed by atoms with Gasteiger partial charge in [0.25, 0.3) is 0 Å². The Hall–Kier alpha value is -2.63. The molecule has 0 unspecified atom stereocenters. The van der Waals surface area contributed by atoms with Crippen LogP contribution in [0.4, 0.5) is 24.5 Å². The third-order valence-electron chi connectivity index (χ3n) is 4.77. The number of anilines is 2. The fourth-order valence-corrected chi connectivity index (χ4v) is 3.67. The second kappa shape index (κ2) is 8.62. The van der Waals surface area contributed by atoms with E-state index >= 15 is 0 Å². The van der Waals surface area contributed by atoms with E-state index in [9.17, 15) is 26.4 Å². The quantitative estimate of drug-likeness (QED) is 0.740. The molecule has 1 amide bonds. The van der Waals surface area contributed by atoms with E-state index < -0.39 is 21.8 Å². The number of nitrogens with zero attached hydrogens (tertiary/aromatic N) is 2. The highest BCUT2D eigenvalue weighted by Gasteiger charge is 2.30. The smallest absolute Gasteiger partial charge is 0.369 e. The van der Waals surface area contributed by atoms with Gasteiger partial charge in [0.05, 0.1) is 17.0 Å². The van der Waals surface area contributed by atoms with E-state index in [-0.39, 0.29) is 17.3 Å². The maximum absolute atomic E-state index is 12.6. The number of rotatable bonds is 5. The monoisotopic (exact) mass is 442 g/mol. The molecular formula is C19H21F3N4O3S. The van der Waals surface area contributed by atoms with Gasteiger partial charge in [-0.1, -0.05) is 0 Å². The van der Waals surface area contributed by atoms with Crippen LogP contribution in [0.15, 0.2) is 53.4 Å². The Morgan fingerprint density at radius 3 is 2.03 bits per heavy atom. The topological polar surface area (TPSA) is 95.7 Å². The minimum absolute atomic E-state index is 0.0461. The molecule has 0 saturated carbocycles. The van der Waals surface area contributed by atoms with Gasteiger partial charge in [-0.2, -0.15) is 13.2 Å². The van der Waals surface area contributed by atoms with Crippen molar-refractivity contribution in [3.05, 3.63) is 54.1 Å². The second-order valence-corrected chi connectivity index (χ2v) is 8.49. The zero-order valence-electron chi connectivity index (χ0n) is 15.9. The summed E-state index contributed by atoms with van der Waals surface area (Å²) in [5, 5.41) is 7.70. The summed E-state index contributed by atoms with van der Waals surface area (Å²) in [5.74, 6) is -0.305. The lowest BCUT2D eigenvalue weighted by Gasteiger charge is -2.35. The molecule has 2 aromatic carbocycles. The Morgan fingerprint density at radius 2 is 1.53 bits per heavy atom. The van der Waals surface area contributed by atoms with Gasteiger partial charge in [-0.25, -0.2) is 13.6 Å². The van der Waals surface area contributed by atoms with Crippen molar-refractivity contribution < 1.29 is 26.4 Å². The van der Waals surface area contributed by atoms with Crippen LogP contribution in [-0.4, -0.2) is 51.9 Å². The van der Waals surface area contributed by atoms with Crippen LogP contribution in [0.3, 0.4) is 0 Å². The molecule has 1 heterocycles. The molecule has 0 radical (unpaired) electrons. The lowest BCUT2D eigenvalue weighted by Crippen LogP contribution is -2.48. The van der Waals surface area contributed by atoms with Crippen LogP contribution in [0.2, 0.25) is 0 Å². The van der Waals surface area contributed by atoms with Crippen LogP contribution in [0, 0.1) is 0 Å². The highest BCUT2D eigenvalue weighted by Crippen LogP contribution is 2.29. The van der Waals surface area contributed by atoms with E-state index in [1.807, 2.05) is 4.90 Å². The number of alkyl halides is 3. The van der Waals surface area contributed by atoms with Crippen molar-refractivity contribution in [1.29, 1.82) is 0 Å². The fourth-order valence-electron chi connectivity index (χ4n) is 3.16. The van der Waals surface area contributed by atoms with Gasteiger partial charge in [0.15, 0.2) is 0 Å². The molecule has 7 nitrogen and oxygen atoms in total. The molecule has 0 bridgehead atoms. The highest BCUT2D eigenvalue weighted by atomic mass is 32.2. The average molecular weight is 442 g/mol. The Balaban J connectivity index is 1.49. The van der Waals surface area contributed by atoms with Crippen molar-refractivity contribution in [2.75, 3.05) is 42.9 Å². The predicted molar refractivity (Wildman–Crippen MR) is 107 cm³/mol. The molecule has 30 heavy (non-hydrogen) atoms. The van der Waals surface area contributed by atoms with Crippen molar-refractivity contribution in [1.82, 2.24) is 4.90 Å². The van der Waals surface area contributed by atoms with Crippen molar-refractivity contribution in [2.45, 2.75) is 11.1 Å². The van der Waals surface area contributed by atoms with E-state index in [0.717, 1.165) is 17.8 Å². The lowest BCUT2D eigenvalue weighted by molar-refractivity contribution is -0.137. The zero-order valence-corrected chi connectivity index (χ0v) is 16.7. The standard InChI is InChI=1S/C19H21F3N4O3S/c20-19(21,22)14-1-3-15(4-2-14)24-18(27)13-25-9-11-26(12-10-25)16-5-7-17(8-6-16)30(23,28)29/h1-8H,9-13H2,(H,24,27)(H2,23,28,29). The van der Waals surface area contributed by atoms with Crippen LogP contribution < -0.4 is 15.4 Å². The number of hydrogen-bond donors (Lipinski definition) is 2. The zero-order chi connectivity index (χ0) is 21.9. The van der Waals surface area contributed by atoms with E-state index in [0.29, 0.717) is 31.9 Å². The van der Waals surface area contributed by atoms with Gasteiger partial charge in [-0.15, -0.1) is 0 Å². The van der Waals surface area contributed by atoms with Gasteiger partial charge in [0.1, 0.15) is 0 Å². The fraction of sp³-hybridized carbons (Fsp3) is 0.316. The number of carbonyl (C=O) groups is 1. The Morgan fingerprint density at radius 1 is 0.967 bits per heavy atom. The molecular weight excluding hydrogens is 421 g/mol. The number of nitrogens with one attached hydrogen (secondary N) is 1. The van der Waals surface area contributed by atoms with Crippen LogP contribution >= 0.6 is 0 Å². The molecule has 0 aromatic heterocycles. The molecule has 1 aliphatic rings. The summed E-state index contributed by atoms with van der Waals surface area (Å²) in [6, 6.07) is 10.6. The molecule has 3 rings (SSSR count). The first-order valence-corrected chi connectivity index (χ1v) is 10.6. The van der Waals surface area contributed by atoms with Gasteiger partial charge < -0.3 is 10.2 Å². The number of primary sulfonamides is 1. The number of carbonyl (C=O) groups excluding carboxylic acids is 1. The molecule has 3 N–H and O–H groups in total. The van der Waals surface area contributed by atoms with Crippen LogP contribution in [0.5, 0.6) is 0 Å². The molecule has 0 atom stereocenters. The normalized spacial score (nSPS) is 15.8. The Kier molecular flexibility index (Phi) is 6.34. The molecule has 0 spiro atoms. The summed E-state index contributed by atoms with van der Waals surface area (Å²) in [6.45, 7) is 2.62. The Bertz CT molecular complexity index is 985. The second-order valence-electron chi connectivity index (χ2n) is 6.93. The first kappa shape index (κ1) is 22.1. The molecule has 1 saturated heterocycles. The summed E-state index contributed by atoms with van der Waals surface area (Å²) in [4.78, 5) is 16.2. The number of nitrogens with two attached hydrogens (primary N) is 1. The van der Waals surface area contributed by atoms with Crippen LogP contribution in [0.25, 0.3) is 0 Å². The van der Waals surface area contributed by atoms with E-state index in [1.54, 1.807) is 12.1 Å². The van der Waals surface area contributed by atoms with Crippen LogP contribution in [0.1, 0.15) is 5.56 Å². The molecule has 11 heteroatoms. The third kappa shape index (κ3) is 5.71. The maximum Gasteiger partial charge on any atom is 0.416 e. The van der Waals surface area contributed by atoms with Gasteiger partial charge in [-0.05, 0) is 48.5 Å². The number of halogens is 3. The Labute approximate surface area is 172 Å². The predicted octanol–water partition coefficient (Wildman–Crippen LogP) is 2.11. The average Bonchev–Trinajstić information content (AvgIpc) is 2.68. The summed E-state index contributed by atoms with van der Waals surface area (Å²) in [6.07, 6.45) is -4.42. The third-order valence-corrected chi connectivity index (χ3v) is 5.70. The minimum Gasteiger partial charge on any atom is -0.369 e. The number of sulfonamides is 1. The van der Waals surface area contributed by atoms with Gasteiger partial charge in [0, 0.05) is 37.6 Å². The van der Waals surface area contributed by atoms with E-state index in [1.165, 1.54) is 24.3 Å². The highest BCUT2D eigenvalue weighted by molar-refractivity contribution is 7.89. The van der Waals surface area contributed by atoms with E-state index in [4.69, 9.17) is 5.14 Å². The van der Waals surface area contributed by atoms with Gasteiger partial charge in [-0.3, -0.25) is 9.69 Å². The van der Waals surface area contributed by atoms with E-state index in [2.05, 4.69) is 10.2 Å². The van der Waals surface area contributed by atoms with Crippen molar-refractivity contribution in [3.8, 4) is 0 Å². The summed E-state index contributed by atoms with van der Waals surface area (Å²) >= 11 is 0. The molecule has 162 valence electrons. The van der Waals surface area contributed by atoms with Crippen molar-refractivity contribution in [3.63, 3.8) is 0 Å². The van der Waals surface area contributed by atoms with Gasteiger partial charge in [0.2, 0.25) is 15.9 Å². The molecule has 0 aliphatic carbocycles. The first-order chi connectivity index (χ1) is 14.0. The van der Waals surface area contributed by atoms with Crippen molar-refractivity contribution in [2.24, 2.45) is 5.14 Å². The molecule has 1 aliphatic heterocycles. The summed E-state index contributed by atoms with van der Waals surface area (Å²) < 4.78 is 60.4. The van der Waals surface area contributed by atoms with Gasteiger partial charge >= 0.3 is 6.18 Å². The number of piperazine rings is 1. The number of hydrogen-bond acceptors (Lipinski definition) is 5. The van der Waals surface area contributed by atoms with Crippen LogP contribution in [-0.2, 0) is 21.0 Å². The van der Waals surface area contributed by atoms with Crippen molar-refractivity contribution >= 4 is 27.3 Å². The SMILES string of the molecule is NS(=O)(=O)c1ccc(N2CCN(CC(=O)Nc3ccc(C(F)(F)F)cc3)CC2)cc1. The largest absolute Gasteiger partial charge is 0.416 e. The first-order valence-electron chi connectivity index (χ1n) is 9.10. The number of amides is 1. The summed E-state index contributed by atoms with van der Waals surface area (Å²) in [7, 11) is -3.74. The minimum atomic E-state index is -4.42. The number of benzene rings is 2. The lowest BCUT2D eigenvalue weighted by atomic mass is 10.2. The molecule has 1 fully saturated rings. The maximum atomic E-state index is 12.6.